The van der Waals surface area contributed by atoms with Crippen molar-refractivity contribution in [1.82, 2.24) is 0 Å². The highest BCUT2D eigenvalue weighted by atomic mass is 35.5. The van der Waals surface area contributed by atoms with Crippen molar-refractivity contribution in [2.75, 3.05) is 0 Å². The SMILES string of the molecule is CC1=C(c2ccccc2[C@@H](Cl)[P+](c2ccccc2)(c2ccccc2)c2ccccc2)C=CC(C)C1. The van der Waals surface area contributed by atoms with Crippen molar-refractivity contribution in [2.24, 2.45) is 5.92 Å². The zero-order valence-corrected chi connectivity index (χ0v) is 22.0. The van der Waals surface area contributed by atoms with E-state index in [-0.39, 0.29) is 5.12 Å². The fourth-order valence-corrected chi connectivity index (χ4v) is 10.8. The molecule has 0 heterocycles. The highest BCUT2D eigenvalue weighted by Crippen LogP contribution is 2.69. The molecular weight excluding hydrogens is 463 g/mol. The molecule has 0 saturated heterocycles. The monoisotopic (exact) mass is 493 g/mol. The first-order chi connectivity index (χ1) is 17.1. The summed E-state index contributed by atoms with van der Waals surface area (Å²) in [7, 11) is -2.26. The first kappa shape index (κ1) is 23.8. The van der Waals surface area contributed by atoms with Crippen LogP contribution in [-0.4, -0.2) is 0 Å². The van der Waals surface area contributed by atoms with Crippen LogP contribution < -0.4 is 15.9 Å². The van der Waals surface area contributed by atoms with E-state index in [2.05, 4.69) is 141 Å². The molecule has 174 valence electrons. The molecule has 4 aromatic rings. The first-order valence-corrected chi connectivity index (χ1v) is 14.6. The van der Waals surface area contributed by atoms with Crippen molar-refractivity contribution in [3.63, 3.8) is 0 Å². The van der Waals surface area contributed by atoms with Crippen LogP contribution in [0.4, 0.5) is 0 Å². The number of halogens is 1. The van der Waals surface area contributed by atoms with E-state index in [9.17, 15) is 0 Å². The molecule has 1 unspecified atom stereocenters. The average Bonchev–Trinajstić information content (AvgIpc) is 2.91. The van der Waals surface area contributed by atoms with E-state index in [1.165, 1.54) is 38.2 Å². The summed E-state index contributed by atoms with van der Waals surface area (Å²) >= 11 is 7.84. The Morgan fingerprint density at radius 3 is 1.63 bits per heavy atom. The molecule has 0 fully saturated rings. The van der Waals surface area contributed by atoms with E-state index in [1.807, 2.05) is 0 Å². The third-order valence-electron chi connectivity index (χ3n) is 7.02. The second-order valence-electron chi connectivity index (χ2n) is 9.39. The molecule has 1 aliphatic rings. The Hall–Kier alpha value is -2.92. The third kappa shape index (κ3) is 4.42. The summed E-state index contributed by atoms with van der Waals surface area (Å²) < 4.78 is 0. The van der Waals surface area contributed by atoms with Gasteiger partial charge in [-0.25, -0.2) is 0 Å². The minimum atomic E-state index is -2.26. The van der Waals surface area contributed by atoms with Crippen LogP contribution in [0.1, 0.15) is 36.5 Å². The van der Waals surface area contributed by atoms with Gasteiger partial charge >= 0.3 is 0 Å². The highest BCUT2D eigenvalue weighted by molar-refractivity contribution is 7.96. The molecule has 4 aromatic carbocycles. The maximum Gasteiger partial charge on any atom is 0.182 e. The van der Waals surface area contributed by atoms with Gasteiger partial charge in [-0.1, -0.05) is 115 Å². The standard InChI is InChI=1S/C33H31ClP/c1-25-22-23-30(26(2)24-25)31-20-12-13-21-32(31)33(34)35(27-14-6-3-7-15-27,28-16-8-4-9-17-28)29-18-10-5-11-19-29/h3-23,25,33H,24H2,1-2H3/q+1/t25?,33-/m0/s1. The number of hydrogen-bond donors (Lipinski definition) is 0. The summed E-state index contributed by atoms with van der Waals surface area (Å²) in [6, 6.07) is 41.5. The largest absolute Gasteiger partial charge is 0.182 e. The van der Waals surface area contributed by atoms with Crippen molar-refractivity contribution < 1.29 is 0 Å². The van der Waals surface area contributed by atoms with Gasteiger partial charge in [-0.3, -0.25) is 0 Å². The topological polar surface area (TPSA) is 0 Å². The molecule has 35 heavy (non-hydrogen) atoms. The van der Waals surface area contributed by atoms with Crippen molar-refractivity contribution in [2.45, 2.75) is 25.4 Å². The lowest BCUT2D eigenvalue weighted by Crippen LogP contribution is -2.34. The number of rotatable bonds is 6. The maximum absolute atomic E-state index is 7.84. The lowest BCUT2D eigenvalue weighted by Gasteiger charge is -2.33. The molecule has 5 rings (SSSR count). The minimum Gasteiger partial charge on any atom is -0.0808 e. The van der Waals surface area contributed by atoms with Crippen LogP contribution in [0.5, 0.6) is 0 Å². The summed E-state index contributed by atoms with van der Waals surface area (Å²) in [5.74, 6) is 0.572. The molecule has 2 heteroatoms. The first-order valence-electron chi connectivity index (χ1n) is 12.3. The van der Waals surface area contributed by atoms with E-state index >= 15 is 0 Å². The number of allylic oxidation sites excluding steroid dienone is 4. The Bertz CT molecular complexity index is 1240. The molecule has 0 saturated carbocycles. The van der Waals surface area contributed by atoms with Crippen LogP contribution in [-0.2, 0) is 0 Å². The van der Waals surface area contributed by atoms with Gasteiger partial charge in [-0.2, -0.15) is 0 Å². The minimum absolute atomic E-state index is 0.223. The Morgan fingerprint density at radius 1 is 0.686 bits per heavy atom. The Kier molecular flexibility index (Phi) is 7.05. The van der Waals surface area contributed by atoms with Crippen LogP contribution >= 0.6 is 18.9 Å². The second kappa shape index (κ2) is 10.4. The van der Waals surface area contributed by atoms with Gasteiger partial charge in [-0.05, 0) is 66.8 Å². The van der Waals surface area contributed by atoms with Crippen LogP contribution in [0.25, 0.3) is 5.57 Å². The number of alkyl halides is 1. The maximum atomic E-state index is 7.84. The normalized spacial score (nSPS) is 16.8. The molecule has 0 spiro atoms. The molecule has 0 bridgehead atoms. The van der Waals surface area contributed by atoms with Crippen molar-refractivity contribution in [3.05, 3.63) is 144 Å². The van der Waals surface area contributed by atoms with Gasteiger partial charge in [0.2, 0.25) is 0 Å². The Morgan fingerprint density at radius 2 is 1.14 bits per heavy atom. The summed E-state index contributed by atoms with van der Waals surface area (Å²) in [6.07, 6.45) is 5.72. The molecule has 0 amide bonds. The van der Waals surface area contributed by atoms with Gasteiger partial charge in [0, 0.05) is 5.56 Å². The summed E-state index contributed by atoms with van der Waals surface area (Å²) in [4.78, 5) is 0. The number of benzene rings is 4. The van der Waals surface area contributed by atoms with Crippen LogP contribution in [0, 0.1) is 5.92 Å². The predicted octanol–water partition coefficient (Wildman–Crippen LogP) is 8.29. The highest BCUT2D eigenvalue weighted by Gasteiger charge is 2.53. The Labute approximate surface area is 215 Å². The molecule has 0 aliphatic heterocycles. The van der Waals surface area contributed by atoms with Gasteiger partial charge in [0.05, 0.1) is 0 Å². The summed E-state index contributed by atoms with van der Waals surface area (Å²) in [6.45, 7) is 4.55. The molecule has 0 radical (unpaired) electrons. The third-order valence-corrected chi connectivity index (χ3v) is 12.4. The van der Waals surface area contributed by atoms with Gasteiger partial charge in [-0.15, -0.1) is 0 Å². The molecular formula is C33H31ClP+. The van der Waals surface area contributed by atoms with E-state index in [1.54, 1.807) is 0 Å². The number of hydrogen-bond acceptors (Lipinski definition) is 0. The van der Waals surface area contributed by atoms with E-state index in [0.29, 0.717) is 5.92 Å². The summed E-state index contributed by atoms with van der Waals surface area (Å²) in [5, 5.41) is 3.67. The molecule has 0 aromatic heterocycles. The quantitative estimate of drug-likeness (QED) is 0.187. The zero-order valence-electron chi connectivity index (χ0n) is 20.3. The van der Waals surface area contributed by atoms with Crippen molar-refractivity contribution in [1.29, 1.82) is 0 Å². The van der Waals surface area contributed by atoms with Crippen LogP contribution in [0.3, 0.4) is 0 Å². The fraction of sp³-hybridized carbons (Fsp3) is 0.152. The second-order valence-corrected chi connectivity index (χ2v) is 13.6. The van der Waals surface area contributed by atoms with E-state index in [0.717, 1.165) is 6.42 Å². The lowest BCUT2D eigenvalue weighted by atomic mass is 9.87. The fourth-order valence-electron chi connectivity index (χ4n) is 5.37. The molecule has 2 atom stereocenters. The van der Waals surface area contributed by atoms with Gasteiger partial charge in [0.25, 0.3) is 0 Å². The van der Waals surface area contributed by atoms with Gasteiger partial charge in [0.1, 0.15) is 23.2 Å². The van der Waals surface area contributed by atoms with Gasteiger partial charge < -0.3 is 0 Å². The predicted molar refractivity (Wildman–Crippen MR) is 156 cm³/mol. The van der Waals surface area contributed by atoms with Crippen molar-refractivity contribution >= 4 is 40.4 Å². The van der Waals surface area contributed by atoms with Crippen LogP contribution in [0.2, 0.25) is 0 Å². The Balaban J connectivity index is 1.81. The summed E-state index contributed by atoms with van der Waals surface area (Å²) in [5.41, 5.74) is 5.20. The molecule has 0 nitrogen and oxygen atoms in total. The van der Waals surface area contributed by atoms with E-state index < -0.39 is 7.26 Å². The molecule has 1 aliphatic carbocycles. The zero-order chi connectivity index (χ0) is 24.3. The van der Waals surface area contributed by atoms with Crippen LogP contribution in [0.15, 0.2) is 133 Å². The average molecular weight is 494 g/mol. The molecule has 0 N–H and O–H groups in total. The van der Waals surface area contributed by atoms with E-state index in [4.69, 9.17) is 11.6 Å². The van der Waals surface area contributed by atoms with Crippen molar-refractivity contribution in [3.8, 4) is 0 Å². The lowest BCUT2D eigenvalue weighted by molar-refractivity contribution is 0.710. The van der Waals surface area contributed by atoms with Gasteiger partial charge in [0.15, 0.2) is 5.12 Å². The smallest absolute Gasteiger partial charge is 0.0808 e.